The van der Waals surface area contributed by atoms with Gasteiger partial charge in [0, 0.05) is 4.88 Å². The lowest BCUT2D eigenvalue weighted by Gasteiger charge is -2.35. The van der Waals surface area contributed by atoms with Crippen molar-refractivity contribution in [3.8, 4) is 0 Å². The van der Waals surface area contributed by atoms with Gasteiger partial charge < -0.3 is 9.69 Å². The van der Waals surface area contributed by atoms with Gasteiger partial charge in [-0.15, -0.1) is 11.3 Å². The molecule has 0 N–H and O–H groups in total. The summed E-state index contributed by atoms with van der Waals surface area (Å²) in [5.74, 6) is 0. The lowest BCUT2D eigenvalue weighted by Crippen LogP contribution is -2.41. The number of carbonyl (C=O) groups excluding carboxylic acids is 1. The molecule has 0 radical (unpaired) electrons. The highest BCUT2D eigenvalue weighted by Gasteiger charge is 2.35. The Bertz CT molecular complexity index is 299. The van der Waals surface area contributed by atoms with Crippen LogP contribution in [0.4, 0.5) is 0 Å². The molecule has 2 heterocycles. The van der Waals surface area contributed by atoms with Crippen LogP contribution in [0.25, 0.3) is 0 Å². The van der Waals surface area contributed by atoms with Crippen LogP contribution in [0.2, 0.25) is 0 Å². The van der Waals surface area contributed by atoms with Gasteiger partial charge in [-0.3, -0.25) is 0 Å². The van der Waals surface area contributed by atoms with Crippen molar-refractivity contribution in [3.63, 3.8) is 0 Å². The van der Waals surface area contributed by atoms with Gasteiger partial charge in [-0.1, -0.05) is 6.07 Å². The second-order valence-corrected chi connectivity index (χ2v) is 5.00. The molecule has 2 rings (SSSR count). The number of piperidine rings is 1. The van der Waals surface area contributed by atoms with Crippen molar-refractivity contribution < 1.29 is 4.79 Å². The summed E-state index contributed by atoms with van der Waals surface area (Å²) in [6, 6.07) is 4.12. The van der Waals surface area contributed by atoms with Crippen LogP contribution in [0.15, 0.2) is 17.5 Å². The number of hydrogen-bond donors (Lipinski definition) is 0. The van der Waals surface area contributed by atoms with E-state index in [1.165, 1.54) is 4.88 Å². The molecule has 0 saturated carbocycles. The highest BCUT2D eigenvalue weighted by molar-refractivity contribution is 7.10. The summed E-state index contributed by atoms with van der Waals surface area (Å²) in [5, 5.41) is 2.05. The van der Waals surface area contributed by atoms with Crippen molar-refractivity contribution in [2.75, 3.05) is 20.1 Å². The Morgan fingerprint density at radius 1 is 1.50 bits per heavy atom. The van der Waals surface area contributed by atoms with Crippen LogP contribution in [0.5, 0.6) is 0 Å². The van der Waals surface area contributed by atoms with Crippen LogP contribution >= 0.6 is 11.3 Å². The maximum atomic E-state index is 11.3. The van der Waals surface area contributed by atoms with E-state index in [4.69, 9.17) is 0 Å². The molecule has 0 aliphatic carbocycles. The van der Waals surface area contributed by atoms with Crippen LogP contribution in [-0.2, 0) is 10.2 Å². The van der Waals surface area contributed by atoms with Gasteiger partial charge in [0.1, 0.15) is 6.29 Å². The predicted octanol–water partition coefficient (Wildman–Crippen LogP) is 1.91. The first-order valence-corrected chi connectivity index (χ1v) is 5.84. The van der Waals surface area contributed by atoms with Crippen molar-refractivity contribution in [3.05, 3.63) is 22.4 Å². The molecule has 14 heavy (non-hydrogen) atoms. The molecule has 2 nitrogen and oxygen atoms in total. The van der Waals surface area contributed by atoms with E-state index in [9.17, 15) is 4.79 Å². The predicted molar refractivity (Wildman–Crippen MR) is 58.8 cm³/mol. The van der Waals surface area contributed by atoms with E-state index in [0.717, 1.165) is 32.2 Å². The third kappa shape index (κ3) is 1.62. The average molecular weight is 209 g/mol. The molecule has 1 aromatic heterocycles. The molecule has 76 valence electrons. The minimum atomic E-state index is -0.180. The summed E-state index contributed by atoms with van der Waals surface area (Å²) >= 11 is 1.70. The molecular weight excluding hydrogens is 194 g/mol. The maximum Gasteiger partial charge on any atom is 0.131 e. The minimum Gasteiger partial charge on any atom is -0.306 e. The molecule has 1 aromatic rings. The van der Waals surface area contributed by atoms with Gasteiger partial charge in [-0.2, -0.15) is 0 Å². The number of aldehydes is 1. The van der Waals surface area contributed by atoms with Gasteiger partial charge in [0.15, 0.2) is 0 Å². The van der Waals surface area contributed by atoms with Gasteiger partial charge in [-0.05, 0) is 44.4 Å². The summed E-state index contributed by atoms with van der Waals surface area (Å²) in [6.07, 6.45) is 3.09. The molecule has 0 spiro atoms. The fraction of sp³-hybridized carbons (Fsp3) is 0.545. The van der Waals surface area contributed by atoms with E-state index in [2.05, 4.69) is 23.4 Å². The first-order valence-electron chi connectivity index (χ1n) is 4.96. The van der Waals surface area contributed by atoms with Gasteiger partial charge in [0.25, 0.3) is 0 Å². The van der Waals surface area contributed by atoms with Crippen LogP contribution in [0.3, 0.4) is 0 Å². The summed E-state index contributed by atoms with van der Waals surface area (Å²) in [4.78, 5) is 14.8. The first kappa shape index (κ1) is 9.87. The van der Waals surface area contributed by atoms with E-state index in [-0.39, 0.29) is 5.41 Å². The Morgan fingerprint density at radius 2 is 2.21 bits per heavy atom. The Hall–Kier alpha value is -0.670. The average Bonchev–Trinajstić information content (AvgIpc) is 2.73. The molecule has 0 unspecified atom stereocenters. The van der Waals surface area contributed by atoms with E-state index >= 15 is 0 Å². The number of thiophene rings is 1. The molecule has 0 bridgehead atoms. The normalized spacial score (nSPS) is 22.1. The second-order valence-electron chi connectivity index (χ2n) is 4.05. The SMILES string of the molecule is CN1CCC(C=O)(c2cccs2)CC1. The first-order chi connectivity index (χ1) is 6.77. The molecule has 1 fully saturated rings. The van der Waals surface area contributed by atoms with Crippen molar-refractivity contribution in [1.29, 1.82) is 0 Å². The molecule has 1 saturated heterocycles. The van der Waals surface area contributed by atoms with Crippen molar-refractivity contribution in [1.82, 2.24) is 4.90 Å². The monoisotopic (exact) mass is 209 g/mol. The lowest BCUT2D eigenvalue weighted by molar-refractivity contribution is -0.114. The van der Waals surface area contributed by atoms with Gasteiger partial charge in [0.05, 0.1) is 5.41 Å². The number of hydrogen-bond acceptors (Lipinski definition) is 3. The highest BCUT2D eigenvalue weighted by Crippen LogP contribution is 2.35. The second kappa shape index (κ2) is 3.83. The molecule has 0 amide bonds. The lowest BCUT2D eigenvalue weighted by atomic mass is 9.78. The highest BCUT2D eigenvalue weighted by atomic mass is 32.1. The summed E-state index contributed by atoms with van der Waals surface area (Å²) in [7, 11) is 2.11. The van der Waals surface area contributed by atoms with E-state index in [1.54, 1.807) is 11.3 Å². The smallest absolute Gasteiger partial charge is 0.131 e. The maximum absolute atomic E-state index is 11.3. The molecule has 0 aromatic carbocycles. The van der Waals surface area contributed by atoms with Crippen LogP contribution in [0.1, 0.15) is 17.7 Å². The standard InChI is InChI=1S/C11H15NOS/c1-12-6-4-11(9-13,5-7-12)10-3-2-8-14-10/h2-3,8-9H,4-7H2,1H3. The topological polar surface area (TPSA) is 20.3 Å². The number of likely N-dealkylation sites (tertiary alicyclic amines) is 1. The minimum absolute atomic E-state index is 0.180. The zero-order valence-corrected chi connectivity index (χ0v) is 9.22. The van der Waals surface area contributed by atoms with Gasteiger partial charge >= 0.3 is 0 Å². The summed E-state index contributed by atoms with van der Waals surface area (Å²) in [5.41, 5.74) is -0.180. The summed E-state index contributed by atoms with van der Waals surface area (Å²) in [6.45, 7) is 2.05. The molecular formula is C11H15NOS. The molecule has 3 heteroatoms. The van der Waals surface area contributed by atoms with Gasteiger partial charge in [0.2, 0.25) is 0 Å². The number of carbonyl (C=O) groups is 1. The van der Waals surface area contributed by atoms with Crippen LogP contribution in [-0.4, -0.2) is 31.3 Å². The third-order valence-electron chi connectivity index (χ3n) is 3.12. The van der Waals surface area contributed by atoms with E-state index in [1.807, 2.05) is 6.07 Å². The molecule has 0 atom stereocenters. The van der Waals surface area contributed by atoms with Crippen molar-refractivity contribution >= 4 is 17.6 Å². The fourth-order valence-corrected chi connectivity index (χ4v) is 2.95. The van der Waals surface area contributed by atoms with Crippen molar-refractivity contribution in [2.24, 2.45) is 0 Å². The van der Waals surface area contributed by atoms with Gasteiger partial charge in [-0.25, -0.2) is 0 Å². The number of nitrogens with zero attached hydrogens (tertiary/aromatic N) is 1. The van der Waals surface area contributed by atoms with E-state index < -0.39 is 0 Å². The Morgan fingerprint density at radius 3 is 2.71 bits per heavy atom. The molecule has 1 aliphatic heterocycles. The quantitative estimate of drug-likeness (QED) is 0.693. The zero-order chi connectivity index (χ0) is 10.0. The van der Waals surface area contributed by atoms with Crippen LogP contribution < -0.4 is 0 Å². The zero-order valence-electron chi connectivity index (χ0n) is 8.40. The van der Waals surface area contributed by atoms with Crippen LogP contribution in [0, 0.1) is 0 Å². The molecule has 1 aliphatic rings. The third-order valence-corrected chi connectivity index (χ3v) is 4.21. The number of rotatable bonds is 2. The Kier molecular flexibility index (Phi) is 2.70. The van der Waals surface area contributed by atoms with E-state index in [0.29, 0.717) is 0 Å². The summed E-state index contributed by atoms with van der Waals surface area (Å²) < 4.78 is 0. The largest absolute Gasteiger partial charge is 0.306 e. The Labute approximate surface area is 88.5 Å². The Balaban J connectivity index is 2.23. The fourth-order valence-electron chi connectivity index (χ4n) is 2.00. The van der Waals surface area contributed by atoms with Crippen molar-refractivity contribution in [2.45, 2.75) is 18.3 Å².